The lowest BCUT2D eigenvalue weighted by Crippen LogP contribution is -2.54. The Morgan fingerprint density at radius 1 is 1.35 bits per heavy atom. The van der Waals surface area contributed by atoms with Crippen molar-refractivity contribution < 1.29 is 19.4 Å². The van der Waals surface area contributed by atoms with Crippen molar-refractivity contribution in [3.05, 3.63) is 0 Å². The first-order valence-electron chi connectivity index (χ1n) is 6.91. The lowest BCUT2D eigenvalue weighted by molar-refractivity contribution is -0.146. The molecule has 0 aromatic heterocycles. The minimum atomic E-state index is -1.21. The van der Waals surface area contributed by atoms with Crippen LogP contribution in [0.1, 0.15) is 20.3 Å². The summed E-state index contributed by atoms with van der Waals surface area (Å²) in [4.78, 5) is 26.4. The van der Waals surface area contributed by atoms with Crippen LogP contribution >= 0.6 is 0 Å². The summed E-state index contributed by atoms with van der Waals surface area (Å²) < 4.78 is 5.26. The van der Waals surface area contributed by atoms with E-state index in [4.69, 9.17) is 9.84 Å². The van der Waals surface area contributed by atoms with Gasteiger partial charge >= 0.3 is 12.0 Å². The maximum atomic E-state index is 11.9. The first-order valence-corrected chi connectivity index (χ1v) is 6.91. The van der Waals surface area contributed by atoms with E-state index in [1.165, 1.54) is 25.8 Å². The predicted molar refractivity (Wildman–Crippen MR) is 74.8 cm³/mol. The first-order chi connectivity index (χ1) is 9.35. The van der Waals surface area contributed by atoms with Crippen molar-refractivity contribution in [3.8, 4) is 0 Å². The number of likely N-dealkylation sites (N-methyl/N-ethyl adjacent to an activating group) is 1. The molecule has 0 spiro atoms. The summed E-state index contributed by atoms with van der Waals surface area (Å²) >= 11 is 0. The highest BCUT2D eigenvalue weighted by Gasteiger charge is 2.35. The molecule has 1 aliphatic heterocycles. The van der Waals surface area contributed by atoms with E-state index in [0.717, 1.165) is 39.3 Å². The number of urea groups is 1. The highest BCUT2D eigenvalue weighted by molar-refractivity contribution is 5.85. The van der Waals surface area contributed by atoms with Gasteiger partial charge in [0.15, 0.2) is 0 Å². The molecular formula is C13H25N3O4. The highest BCUT2D eigenvalue weighted by atomic mass is 16.5. The van der Waals surface area contributed by atoms with Gasteiger partial charge < -0.3 is 20.1 Å². The Morgan fingerprint density at radius 2 is 1.95 bits per heavy atom. The van der Waals surface area contributed by atoms with E-state index in [1.807, 2.05) is 0 Å². The van der Waals surface area contributed by atoms with Crippen LogP contribution in [0.4, 0.5) is 4.79 Å². The van der Waals surface area contributed by atoms with E-state index in [2.05, 4.69) is 10.2 Å². The number of carboxylic acid groups (broad SMARTS) is 1. The van der Waals surface area contributed by atoms with Crippen molar-refractivity contribution in [2.45, 2.75) is 25.8 Å². The number of nitrogens with one attached hydrogen (secondary N) is 1. The Morgan fingerprint density at radius 3 is 2.50 bits per heavy atom. The normalized spacial score (nSPS) is 16.8. The number of carbonyl (C=O) groups is 2. The van der Waals surface area contributed by atoms with Gasteiger partial charge in [-0.3, -0.25) is 4.90 Å². The first kappa shape index (κ1) is 16.7. The van der Waals surface area contributed by atoms with Crippen molar-refractivity contribution in [1.82, 2.24) is 15.1 Å². The van der Waals surface area contributed by atoms with E-state index in [0.29, 0.717) is 6.54 Å². The molecule has 0 aliphatic carbocycles. The van der Waals surface area contributed by atoms with Crippen molar-refractivity contribution in [2.75, 3.05) is 46.4 Å². The van der Waals surface area contributed by atoms with Gasteiger partial charge in [-0.15, -0.1) is 0 Å². The Hall–Kier alpha value is -1.34. The summed E-state index contributed by atoms with van der Waals surface area (Å²) in [6, 6.07) is -0.362. The van der Waals surface area contributed by atoms with E-state index >= 15 is 0 Å². The van der Waals surface area contributed by atoms with Gasteiger partial charge in [0.1, 0.15) is 5.54 Å². The molecule has 2 amide bonds. The Bertz CT molecular complexity index is 341. The number of carbonyl (C=O) groups excluding carboxylic acids is 1. The standard InChI is InChI=1S/C13H25N3O4/c1-13(2,11(17)18)15(3)12(19)14-5-4-6-16-7-9-20-10-8-16/h4-10H2,1-3H3,(H,14,19)(H,17,18). The van der Waals surface area contributed by atoms with Gasteiger partial charge in [-0.1, -0.05) is 0 Å². The quantitative estimate of drug-likeness (QED) is 0.683. The van der Waals surface area contributed by atoms with E-state index < -0.39 is 11.5 Å². The van der Waals surface area contributed by atoms with Crippen molar-refractivity contribution in [1.29, 1.82) is 0 Å². The smallest absolute Gasteiger partial charge is 0.329 e. The number of amides is 2. The number of nitrogens with zero attached hydrogens (tertiary/aromatic N) is 2. The zero-order valence-corrected chi connectivity index (χ0v) is 12.5. The number of ether oxygens (including phenoxy) is 1. The van der Waals surface area contributed by atoms with Gasteiger partial charge in [0.2, 0.25) is 0 Å². The van der Waals surface area contributed by atoms with E-state index in [9.17, 15) is 9.59 Å². The van der Waals surface area contributed by atoms with Crippen LogP contribution in [0.15, 0.2) is 0 Å². The van der Waals surface area contributed by atoms with Gasteiger partial charge in [0.05, 0.1) is 13.2 Å². The molecular weight excluding hydrogens is 262 g/mol. The molecule has 7 heteroatoms. The zero-order valence-electron chi connectivity index (χ0n) is 12.5. The molecule has 0 radical (unpaired) electrons. The van der Waals surface area contributed by atoms with E-state index in [1.54, 1.807) is 0 Å². The van der Waals surface area contributed by atoms with Gasteiger partial charge in [-0.05, 0) is 26.8 Å². The zero-order chi connectivity index (χ0) is 15.2. The van der Waals surface area contributed by atoms with Crippen LogP contribution in [0.5, 0.6) is 0 Å². The van der Waals surface area contributed by atoms with Crippen LogP contribution in [0, 0.1) is 0 Å². The molecule has 1 rings (SSSR count). The molecule has 0 atom stereocenters. The van der Waals surface area contributed by atoms with Crippen LogP contribution in [0.3, 0.4) is 0 Å². The molecule has 1 aliphatic rings. The molecule has 2 N–H and O–H groups in total. The Labute approximate surface area is 119 Å². The van der Waals surface area contributed by atoms with Crippen LogP contribution in [-0.2, 0) is 9.53 Å². The highest BCUT2D eigenvalue weighted by Crippen LogP contribution is 2.12. The number of aliphatic carboxylic acids is 1. The second-order valence-electron chi connectivity index (χ2n) is 5.46. The molecule has 0 saturated carbocycles. The van der Waals surface area contributed by atoms with Crippen molar-refractivity contribution in [3.63, 3.8) is 0 Å². The number of carboxylic acids is 1. The Balaban J connectivity index is 2.24. The van der Waals surface area contributed by atoms with Crippen LogP contribution in [-0.4, -0.2) is 78.9 Å². The summed E-state index contributed by atoms with van der Waals surface area (Å²) in [5.41, 5.74) is -1.21. The van der Waals surface area contributed by atoms with Crippen molar-refractivity contribution >= 4 is 12.0 Å². The summed E-state index contributed by atoms with van der Waals surface area (Å²) in [6.45, 7) is 7.85. The van der Waals surface area contributed by atoms with Crippen LogP contribution < -0.4 is 5.32 Å². The van der Waals surface area contributed by atoms with Crippen LogP contribution in [0.2, 0.25) is 0 Å². The largest absolute Gasteiger partial charge is 0.480 e. The molecule has 7 nitrogen and oxygen atoms in total. The summed E-state index contributed by atoms with van der Waals surface area (Å²) in [6.07, 6.45) is 0.840. The summed E-state index contributed by atoms with van der Waals surface area (Å²) in [5, 5.41) is 11.8. The second kappa shape index (κ2) is 7.44. The third-order valence-corrected chi connectivity index (χ3v) is 3.70. The Kier molecular flexibility index (Phi) is 6.22. The molecule has 1 saturated heterocycles. The predicted octanol–water partition coefficient (Wildman–Crippen LogP) is 0.213. The number of morpholine rings is 1. The topological polar surface area (TPSA) is 82.1 Å². The maximum Gasteiger partial charge on any atom is 0.329 e. The summed E-state index contributed by atoms with van der Waals surface area (Å²) in [5.74, 6) is -1.02. The SMILES string of the molecule is CN(C(=O)NCCCN1CCOCC1)C(C)(C)C(=O)O. The fourth-order valence-corrected chi connectivity index (χ4v) is 1.84. The monoisotopic (exact) mass is 287 g/mol. The molecule has 0 aromatic carbocycles. The van der Waals surface area contributed by atoms with Gasteiger partial charge in [-0.2, -0.15) is 0 Å². The fourth-order valence-electron chi connectivity index (χ4n) is 1.84. The molecule has 0 bridgehead atoms. The molecule has 20 heavy (non-hydrogen) atoms. The van der Waals surface area contributed by atoms with Gasteiger partial charge in [0, 0.05) is 26.7 Å². The number of hydrogen-bond donors (Lipinski definition) is 2. The molecule has 0 unspecified atom stereocenters. The minimum Gasteiger partial charge on any atom is -0.480 e. The molecule has 116 valence electrons. The lowest BCUT2D eigenvalue weighted by atomic mass is 10.1. The van der Waals surface area contributed by atoms with Gasteiger partial charge in [-0.25, -0.2) is 9.59 Å². The molecule has 0 aromatic rings. The fraction of sp³-hybridized carbons (Fsp3) is 0.846. The second-order valence-corrected chi connectivity index (χ2v) is 5.46. The number of rotatable bonds is 6. The lowest BCUT2D eigenvalue weighted by Gasteiger charge is -2.31. The van der Waals surface area contributed by atoms with Crippen molar-refractivity contribution in [2.24, 2.45) is 0 Å². The third-order valence-electron chi connectivity index (χ3n) is 3.70. The third kappa shape index (κ3) is 4.64. The number of hydrogen-bond acceptors (Lipinski definition) is 4. The van der Waals surface area contributed by atoms with Crippen LogP contribution in [0.25, 0.3) is 0 Å². The van der Waals surface area contributed by atoms with Gasteiger partial charge in [0.25, 0.3) is 0 Å². The average Bonchev–Trinajstić information content (AvgIpc) is 2.43. The molecule has 1 fully saturated rings. The minimum absolute atomic E-state index is 0.362. The van der Waals surface area contributed by atoms with E-state index in [-0.39, 0.29) is 6.03 Å². The maximum absolute atomic E-state index is 11.9. The summed E-state index contributed by atoms with van der Waals surface area (Å²) in [7, 11) is 1.49. The molecule has 1 heterocycles. The average molecular weight is 287 g/mol.